The van der Waals surface area contributed by atoms with Crippen LogP contribution in [0.1, 0.15) is 59.1 Å². The highest BCUT2D eigenvalue weighted by atomic mass is 35.5. The van der Waals surface area contributed by atoms with Gasteiger partial charge < -0.3 is 19.5 Å². The Bertz CT molecular complexity index is 2330. The molecule has 0 saturated carbocycles. The zero-order valence-corrected chi connectivity index (χ0v) is 29.0. The zero-order chi connectivity index (χ0) is 36.7. The number of benzene rings is 2. The molecule has 0 aliphatic carbocycles. The van der Waals surface area contributed by atoms with Gasteiger partial charge in [-0.25, -0.2) is 9.97 Å². The summed E-state index contributed by atoms with van der Waals surface area (Å²) in [6.07, 6.45) is 3.30. The molecule has 52 heavy (non-hydrogen) atoms. The number of Topliss-reactive ketones (excluding diaryl/α,β-unsaturated/α-hetero) is 1. The van der Waals surface area contributed by atoms with E-state index in [1.807, 2.05) is 6.07 Å². The van der Waals surface area contributed by atoms with Crippen LogP contribution in [-0.4, -0.2) is 74.6 Å². The number of hydrogen-bond donors (Lipinski definition) is 2. The minimum absolute atomic E-state index is 0.0402. The Labute approximate surface area is 302 Å². The molecule has 2 aromatic carbocycles. The Balaban J connectivity index is 1.05. The Morgan fingerprint density at radius 1 is 1.06 bits per heavy atom. The number of imide groups is 2. The minimum atomic E-state index is -1.02. The van der Waals surface area contributed by atoms with Gasteiger partial charge >= 0.3 is 0 Å². The van der Waals surface area contributed by atoms with E-state index in [0.717, 1.165) is 30.0 Å². The summed E-state index contributed by atoms with van der Waals surface area (Å²) in [5, 5.41) is 6.39. The van der Waals surface area contributed by atoms with Crippen molar-refractivity contribution in [3.8, 4) is 17.6 Å². The number of hydrogen-bond acceptors (Lipinski definition) is 11. The first-order valence-electron chi connectivity index (χ1n) is 16.6. The van der Waals surface area contributed by atoms with Gasteiger partial charge in [0.25, 0.3) is 17.4 Å². The van der Waals surface area contributed by atoms with Crippen LogP contribution in [0.5, 0.6) is 5.75 Å². The number of nitrogens with one attached hydrogen (secondary N) is 2. The van der Waals surface area contributed by atoms with Crippen LogP contribution in [-0.2, 0) is 21.4 Å². The molecule has 2 aromatic heterocycles. The molecule has 0 bridgehead atoms. The maximum Gasteiger partial charge on any atom is 0.293 e. The van der Waals surface area contributed by atoms with Gasteiger partial charge in [-0.1, -0.05) is 17.5 Å². The second-order valence-corrected chi connectivity index (χ2v) is 13.3. The molecule has 3 aliphatic heterocycles. The summed E-state index contributed by atoms with van der Waals surface area (Å²) in [4.78, 5) is 86.5. The first-order chi connectivity index (χ1) is 25.0. The third-order valence-corrected chi connectivity index (χ3v) is 9.50. The average molecular weight is 722 g/mol. The van der Waals surface area contributed by atoms with E-state index in [-0.39, 0.29) is 64.4 Å². The van der Waals surface area contributed by atoms with Crippen molar-refractivity contribution in [2.45, 2.75) is 38.6 Å². The third-order valence-electron chi connectivity index (χ3n) is 9.23. The quantitative estimate of drug-likeness (QED) is 0.212. The molecule has 15 heteroatoms. The number of anilines is 3. The number of carbonyl (C=O) groups excluding carboxylic acids is 5. The number of piperidine rings is 2. The molecular weight excluding hydrogens is 690 g/mol. The number of halogens is 1. The van der Waals surface area contributed by atoms with E-state index in [4.69, 9.17) is 16.3 Å². The first-order valence-corrected chi connectivity index (χ1v) is 17.0. The normalized spacial score (nSPS) is 18.5. The number of fused-ring (bicyclic) bond motifs is 2. The summed E-state index contributed by atoms with van der Waals surface area (Å²) in [7, 11) is 1.63. The van der Waals surface area contributed by atoms with E-state index in [0.29, 0.717) is 29.0 Å². The largest absolute Gasteiger partial charge is 0.480 e. The van der Waals surface area contributed by atoms with Crippen molar-refractivity contribution < 1.29 is 28.7 Å². The zero-order valence-electron chi connectivity index (χ0n) is 28.2. The standard InChI is InChI=1S/C37H32ClN7O7/c1-20(46)19-52-30-15-22-14-23(6-9-28(22)43(2)37(30)51)40-33-27(38)17-39-31(41-33)11-5-21-4-3-13-44(18-21)24-7-8-25-26(16-24)36(50)45(35(25)49)29-10-12-32(47)42-34(29)48/h6-9,14-17,21,29H,3-4,10,12-13,18-19H2,1-2H3,(H,39,40,41)(H,42,47,48). The van der Waals surface area contributed by atoms with Crippen molar-refractivity contribution in [2.75, 3.05) is 29.9 Å². The summed E-state index contributed by atoms with van der Waals surface area (Å²) in [5.41, 5.74) is 2.18. The summed E-state index contributed by atoms with van der Waals surface area (Å²) in [6.45, 7) is 2.48. The molecular formula is C37H32ClN7O7. The lowest BCUT2D eigenvalue weighted by Gasteiger charge is -2.32. The van der Waals surface area contributed by atoms with Crippen LogP contribution in [0.25, 0.3) is 10.9 Å². The molecule has 2 unspecified atom stereocenters. The van der Waals surface area contributed by atoms with Crippen molar-refractivity contribution in [1.82, 2.24) is 24.8 Å². The molecule has 14 nitrogen and oxygen atoms in total. The van der Waals surface area contributed by atoms with Crippen LogP contribution in [0.3, 0.4) is 0 Å². The van der Waals surface area contributed by atoms with E-state index in [1.165, 1.54) is 17.7 Å². The van der Waals surface area contributed by atoms with E-state index in [1.54, 1.807) is 43.4 Å². The molecule has 0 radical (unpaired) electrons. The molecule has 4 amide bonds. The van der Waals surface area contributed by atoms with Gasteiger partial charge in [0.1, 0.15) is 17.7 Å². The molecule has 2 saturated heterocycles. The van der Waals surface area contributed by atoms with Crippen LogP contribution in [0.15, 0.2) is 53.5 Å². The number of aryl methyl sites for hydroxylation is 1. The monoisotopic (exact) mass is 721 g/mol. The number of carbonyl (C=O) groups is 5. The molecule has 2 N–H and O–H groups in total. The van der Waals surface area contributed by atoms with Crippen molar-refractivity contribution >= 4 is 69.1 Å². The van der Waals surface area contributed by atoms with E-state index in [2.05, 4.69) is 37.3 Å². The molecule has 3 aliphatic rings. The van der Waals surface area contributed by atoms with Crippen molar-refractivity contribution in [2.24, 2.45) is 13.0 Å². The Hall–Kier alpha value is -6.07. The molecule has 2 atom stereocenters. The summed E-state index contributed by atoms with van der Waals surface area (Å²) in [5.74, 6) is 4.62. The van der Waals surface area contributed by atoms with Crippen molar-refractivity contribution in [3.05, 3.63) is 81.0 Å². The first kappa shape index (κ1) is 34.4. The fourth-order valence-electron chi connectivity index (χ4n) is 6.62. The lowest BCUT2D eigenvalue weighted by atomic mass is 9.97. The molecule has 2 fully saturated rings. The predicted octanol–water partition coefficient (Wildman–Crippen LogP) is 3.36. The summed E-state index contributed by atoms with van der Waals surface area (Å²) in [6, 6.07) is 11.0. The van der Waals surface area contributed by atoms with Crippen LogP contribution >= 0.6 is 11.6 Å². The van der Waals surface area contributed by atoms with Gasteiger partial charge in [-0.2, -0.15) is 0 Å². The Morgan fingerprint density at radius 3 is 2.65 bits per heavy atom. The molecule has 0 spiro atoms. The topological polar surface area (TPSA) is 173 Å². The van der Waals surface area contributed by atoms with Gasteiger partial charge in [0.15, 0.2) is 17.4 Å². The number of rotatable bonds is 7. The summed E-state index contributed by atoms with van der Waals surface area (Å²) >= 11 is 6.45. The van der Waals surface area contributed by atoms with E-state index in [9.17, 15) is 28.8 Å². The van der Waals surface area contributed by atoms with Crippen LogP contribution in [0.4, 0.5) is 17.2 Å². The van der Waals surface area contributed by atoms with Gasteiger partial charge in [-0.3, -0.25) is 39.0 Å². The van der Waals surface area contributed by atoms with Crippen molar-refractivity contribution in [1.29, 1.82) is 0 Å². The highest BCUT2D eigenvalue weighted by Gasteiger charge is 2.44. The van der Waals surface area contributed by atoms with Crippen LogP contribution < -0.4 is 25.8 Å². The van der Waals surface area contributed by atoms with E-state index < -0.39 is 29.7 Å². The minimum Gasteiger partial charge on any atom is -0.480 e. The lowest BCUT2D eigenvalue weighted by molar-refractivity contribution is -0.136. The SMILES string of the molecule is CC(=O)COc1cc2cc(Nc3nc(C#CC4CCCN(c5ccc6c(c5)C(=O)N(C5CCC(=O)NC5=O)C6=O)C4)ncc3Cl)ccc2n(C)c1=O. The number of aromatic nitrogens is 3. The maximum atomic E-state index is 13.3. The second-order valence-electron chi connectivity index (χ2n) is 12.9. The van der Waals surface area contributed by atoms with Gasteiger partial charge in [-0.15, -0.1) is 0 Å². The molecule has 7 rings (SSSR count). The fraction of sp³-hybridized carbons (Fsp3) is 0.297. The smallest absolute Gasteiger partial charge is 0.293 e. The second kappa shape index (κ2) is 13.9. The summed E-state index contributed by atoms with van der Waals surface area (Å²) < 4.78 is 6.89. The fourth-order valence-corrected chi connectivity index (χ4v) is 6.76. The van der Waals surface area contributed by atoms with E-state index >= 15 is 0 Å². The van der Waals surface area contributed by atoms with Gasteiger partial charge in [0.2, 0.25) is 17.6 Å². The Morgan fingerprint density at radius 2 is 1.87 bits per heavy atom. The molecule has 5 heterocycles. The number of ketones is 1. The number of ether oxygens (including phenoxy) is 1. The molecule has 4 aromatic rings. The predicted molar refractivity (Wildman–Crippen MR) is 191 cm³/mol. The highest BCUT2D eigenvalue weighted by Crippen LogP contribution is 2.32. The molecule has 264 valence electrons. The number of pyridine rings is 1. The highest BCUT2D eigenvalue weighted by molar-refractivity contribution is 6.32. The third kappa shape index (κ3) is 6.70. The van der Waals surface area contributed by atoms with Gasteiger partial charge in [-0.05, 0) is 74.6 Å². The van der Waals surface area contributed by atoms with Gasteiger partial charge in [0.05, 0.1) is 22.8 Å². The van der Waals surface area contributed by atoms with Crippen LogP contribution in [0.2, 0.25) is 5.02 Å². The Kier molecular flexibility index (Phi) is 9.20. The van der Waals surface area contributed by atoms with Crippen molar-refractivity contribution in [3.63, 3.8) is 0 Å². The van der Waals surface area contributed by atoms with Gasteiger partial charge in [0, 0.05) is 49.2 Å². The lowest BCUT2D eigenvalue weighted by Crippen LogP contribution is -2.54. The maximum absolute atomic E-state index is 13.3. The van der Waals surface area contributed by atoms with Crippen LogP contribution in [0, 0.1) is 17.8 Å². The number of nitrogens with zero attached hydrogens (tertiary/aromatic N) is 5. The average Bonchev–Trinajstić information content (AvgIpc) is 3.37. The number of amides is 4.